The van der Waals surface area contributed by atoms with Gasteiger partial charge in [-0.2, -0.15) is 0 Å². The summed E-state index contributed by atoms with van der Waals surface area (Å²) in [7, 11) is 2.83. The van der Waals surface area contributed by atoms with Gasteiger partial charge in [0.1, 0.15) is 0 Å². The first-order valence-corrected chi connectivity index (χ1v) is 7.31. The second kappa shape index (κ2) is 10.2. The van der Waals surface area contributed by atoms with Crippen LogP contribution in [-0.4, -0.2) is 51.3 Å². The van der Waals surface area contributed by atoms with Gasteiger partial charge in [-0.05, 0) is 30.7 Å². The molecule has 7 nitrogen and oxygen atoms in total. The molecular weight excluding hydrogens is 314 g/mol. The molecule has 0 aliphatic carbocycles. The Bertz CT molecular complexity index is 594. The summed E-state index contributed by atoms with van der Waals surface area (Å²) < 4.78 is 14.4. The highest BCUT2D eigenvalue weighted by molar-refractivity contribution is 5.91. The van der Waals surface area contributed by atoms with Gasteiger partial charge in [0.2, 0.25) is 0 Å². The molecule has 0 radical (unpaired) electrons. The summed E-state index contributed by atoms with van der Waals surface area (Å²) in [6, 6.07) is 6.50. The maximum absolute atomic E-state index is 11.7. The molecule has 1 aromatic rings. The Hall–Kier alpha value is -2.67. The van der Waals surface area contributed by atoms with Crippen LogP contribution in [0.25, 0.3) is 6.08 Å². The van der Waals surface area contributed by atoms with Gasteiger partial charge >= 0.3 is 11.9 Å². The van der Waals surface area contributed by atoms with Crippen LogP contribution >= 0.6 is 0 Å². The SMILES string of the molecule is COCCNC(=O)[C@@H](C)OC(=O)/C=C/c1ccc(C(=O)OC)cc1. The predicted octanol–water partition coefficient (Wildman–Crippen LogP) is 1.18. The van der Waals surface area contributed by atoms with Gasteiger partial charge in [0.25, 0.3) is 5.91 Å². The lowest BCUT2D eigenvalue weighted by atomic mass is 10.1. The van der Waals surface area contributed by atoms with E-state index in [1.807, 2.05) is 0 Å². The van der Waals surface area contributed by atoms with Crippen LogP contribution in [0.2, 0.25) is 0 Å². The van der Waals surface area contributed by atoms with E-state index in [1.54, 1.807) is 24.3 Å². The summed E-state index contributed by atoms with van der Waals surface area (Å²) in [5.74, 6) is -1.46. The first-order valence-electron chi connectivity index (χ1n) is 7.31. The van der Waals surface area contributed by atoms with Crippen molar-refractivity contribution < 1.29 is 28.6 Å². The largest absolute Gasteiger partial charge is 0.465 e. The van der Waals surface area contributed by atoms with Gasteiger partial charge in [-0.3, -0.25) is 4.79 Å². The summed E-state index contributed by atoms with van der Waals surface area (Å²) in [4.78, 5) is 34.7. The van der Waals surface area contributed by atoms with Gasteiger partial charge in [-0.1, -0.05) is 12.1 Å². The Morgan fingerprint density at radius 2 is 1.83 bits per heavy atom. The number of amides is 1. The number of ether oxygens (including phenoxy) is 3. The number of nitrogens with one attached hydrogen (secondary N) is 1. The summed E-state index contributed by atoms with van der Waals surface area (Å²) >= 11 is 0. The molecule has 0 fully saturated rings. The number of rotatable bonds is 8. The Labute approximate surface area is 140 Å². The van der Waals surface area contributed by atoms with Crippen LogP contribution in [-0.2, 0) is 23.8 Å². The van der Waals surface area contributed by atoms with Gasteiger partial charge in [0, 0.05) is 19.7 Å². The number of hydrogen-bond acceptors (Lipinski definition) is 6. The Morgan fingerprint density at radius 1 is 1.17 bits per heavy atom. The van der Waals surface area contributed by atoms with E-state index in [4.69, 9.17) is 9.47 Å². The van der Waals surface area contributed by atoms with Crippen molar-refractivity contribution in [1.29, 1.82) is 0 Å². The predicted molar refractivity (Wildman–Crippen MR) is 87.3 cm³/mol. The highest BCUT2D eigenvalue weighted by Gasteiger charge is 2.15. The number of hydrogen-bond donors (Lipinski definition) is 1. The van der Waals surface area contributed by atoms with Crippen molar-refractivity contribution in [1.82, 2.24) is 5.32 Å². The normalized spacial score (nSPS) is 11.8. The van der Waals surface area contributed by atoms with E-state index in [2.05, 4.69) is 10.1 Å². The molecule has 0 unspecified atom stereocenters. The van der Waals surface area contributed by atoms with Gasteiger partial charge < -0.3 is 19.5 Å². The van der Waals surface area contributed by atoms with Crippen LogP contribution in [0.4, 0.5) is 0 Å². The zero-order valence-electron chi connectivity index (χ0n) is 13.9. The molecule has 1 amide bonds. The number of esters is 2. The zero-order chi connectivity index (χ0) is 17.9. The van der Waals surface area contributed by atoms with Gasteiger partial charge in [0.15, 0.2) is 6.10 Å². The average molecular weight is 335 g/mol. The van der Waals surface area contributed by atoms with E-state index < -0.39 is 23.9 Å². The second-order valence-corrected chi connectivity index (χ2v) is 4.81. The molecular formula is C17H21NO6. The molecule has 1 N–H and O–H groups in total. The lowest BCUT2D eigenvalue weighted by Gasteiger charge is -2.11. The molecule has 24 heavy (non-hydrogen) atoms. The lowest BCUT2D eigenvalue weighted by molar-refractivity contribution is -0.150. The van der Waals surface area contributed by atoms with Crippen LogP contribution in [0, 0.1) is 0 Å². The van der Waals surface area contributed by atoms with E-state index >= 15 is 0 Å². The number of carbonyl (C=O) groups excluding carboxylic acids is 3. The molecule has 1 rings (SSSR count). The smallest absolute Gasteiger partial charge is 0.337 e. The number of methoxy groups -OCH3 is 2. The summed E-state index contributed by atoms with van der Waals surface area (Å²) in [6.07, 6.45) is 1.84. The zero-order valence-corrected chi connectivity index (χ0v) is 13.9. The molecule has 0 bridgehead atoms. The fourth-order valence-electron chi connectivity index (χ4n) is 1.70. The molecule has 0 heterocycles. The first kappa shape index (κ1) is 19.4. The monoisotopic (exact) mass is 335 g/mol. The molecule has 0 saturated carbocycles. The third-order valence-electron chi connectivity index (χ3n) is 3.01. The van der Waals surface area contributed by atoms with Crippen molar-refractivity contribution in [2.75, 3.05) is 27.4 Å². The van der Waals surface area contributed by atoms with Crippen molar-refractivity contribution in [3.05, 3.63) is 41.5 Å². The molecule has 7 heteroatoms. The van der Waals surface area contributed by atoms with Crippen LogP contribution in [0.5, 0.6) is 0 Å². The molecule has 1 atom stereocenters. The third kappa shape index (κ3) is 6.62. The highest BCUT2D eigenvalue weighted by Crippen LogP contribution is 2.07. The Morgan fingerprint density at radius 3 is 2.42 bits per heavy atom. The van der Waals surface area contributed by atoms with E-state index in [0.717, 1.165) is 0 Å². The fraction of sp³-hybridized carbons (Fsp3) is 0.353. The quantitative estimate of drug-likeness (QED) is 0.436. The Balaban J connectivity index is 2.50. The van der Waals surface area contributed by atoms with Gasteiger partial charge in [0.05, 0.1) is 19.3 Å². The van der Waals surface area contributed by atoms with Crippen molar-refractivity contribution in [2.24, 2.45) is 0 Å². The fourth-order valence-corrected chi connectivity index (χ4v) is 1.70. The van der Waals surface area contributed by atoms with Gasteiger partial charge in [-0.25, -0.2) is 9.59 Å². The molecule has 0 saturated heterocycles. The third-order valence-corrected chi connectivity index (χ3v) is 3.01. The van der Waals surface area contributed by atoms with Crippen molar-refractivity contribution >= 4 is 23.9 Å². The molecule has 0 aromatic heterocycles. The van der Waals surface area contributed by atoms with E-state index in [0.29, 0.717) is 24.3 Å². The average Bonchev–Trinajstić information content (AvgIpc) is 2.59. The standard InChI is InChI=1S/C17H21NO6/c1-12(16(20)18-10-11-22-2)24-15(19)9-6-13-4-7-14(8-5-13)17(21)23-3/h4-9,12H,10-11H2,1-3H3,(H,18,20)/b9-6+/t12-/m1/s1. The van der Waals surface area contributed by atoms with E-state index in [1.165, 1.54) is 33.3 Å². The maximum atomic E-state index is 11.7. The second-order valence-electron chi connectivity index (χ2n) is 4.81. The number of carbonyl (C=O) groups is 3. The first-order chi connectivity index (χ1) is 11.5. The van der Waals surface area contributed by atoms with Crippen LogP contribution in [0.1, 0.15) is 22.8 Å². The van der Waals surface area contributed by atoms with Crippen molar-refractivity contribution in [2.45, 2.75) is 13.0 Å². The highest BCUT2D eigenvalue weighted by atomic mass is 16.5. The van der Waals surface area contributed by atoms with Crippen molar-refractivity contribution in [3.8, 4) is 0 Å². The van der Waals surface area contributed by atoms with Crippen LogP contribution < -0.4 is 5.32 Å². The lowest BCUT2D eigenvalue weighted by Crippen LogP contribution is -2.37. The molecule has 0 aliphatic heterocycles. The van der Waals surface area contributed by atoms with Crippen LogP contribution in [0.15, 0.2) is 30.3 Å². The number of benzene rings is 1. The topological polar surface area (TPSA) is 90.9 Å². The minimum atomic E-state index is -0.902. The summed E-state index contributed by atoms with van der Waals surface area (Å²) in [6.45, 7) is 2.21. The summed E-state index contributed by atoms with van der Waals surface area (Å²) in [5, 5.41) is 2.58. The maximum Gasteiger partial charge on any atom is 0.337 e. The molecule has 0 spiro atoms. The summed E-state index contributed by atoms with van der Waals surface area (Å²) in [5.41, 5.74) is 1.12. The molecule has 1 aromatic carbocycles. The van der Waals surface area contributed by atoms with E-state index in [9.17, 15) is 14.4 Å². The Kier molecular flexibility index (Phi) is 8.21. The molecule has 0 aliphatic rings. The van der Waals surface area contributed by atoms with Gasteiger partial charge in [-0.15, -0.1) is 0 Å². The van der Waals surface area contributed by atoms with E-state index in [-0.39, 0.29) is 0 Å². The minimum absolute atomic E-state index is 0.347. The molecule has 130 valence electrons. The van der Waals surface area contributed by atoms with Crippen LogP contribution in [0.3, 0.4) is 0 Å². The minimum Gasteiger partial charge on any atom is -0.465 e. The van der Waals surface area contributed by atoms with Crippen molar-refractivity contribution in [3.63, 3.8) is 0 Å².